The first-order chi connectivity index (χ1) is 13.9. The molecule has 2 saturated heterocycles. The van der Waals surface area contributed by atoms with Crippen LogP contribution < -0.4 is 0 Å². The number of nitrogens with zero attached hydrogens (tertiary/aromatic N) is 6. The average Bonchev–Trinajstić information content (AvgIpc) is 3.15. The van der Waals surface area contributed by atoms with Gasteiger partial charge in [0, 0.05) is 35.0 Å². The first-order valence-electron chi connectivity index (χ1n) is 9.69. The number of fused-ring (bicyclic) bond motifs is 3. The predicted molar refractivity (Wildman–Crippen MR) is 99.8 cm³/mol. The molecule has 0 saturated carbocycles. The van der Waals surface area contributed by atoms with E-state index in [-0.39, 0.29) is 35.4 Å². The lowest BCUT2D eigenvalue weighted by atomic mass is 9.70. The fourth-order valence-corrected chi connectivity index (χ4v) is 4.82. The van der Waals surface area contributed by atoms with Crippen LogP contribution in [0.3, 0.4) is 0 Å². The number of pyridine rings is 1. The van der Waals surface area contributed by atoms with Crippen LogP contribution in [-0.4, -0.2) is 47.5 Å². The summed E-state index contributed by atoms with van der Waals surface area (Å²) in [6, 6.07) is 5.17. The van der Waals surface area contributed by atoms with E-state index in [4.69, 9.17) is 0 Å². The number of amides is 1. The second kappa shape index (κ2) is 6.53. The zero-order chi connectivity index (χ0) is 20.3. The summed E-state index contributed by atoms with van der Waals surface area (Å²) in [6.07, 6.45) is 1.14. The van der Waals surface area contributed by atoms with Gasteiger partial charge in [-0.2, -0.15) is 10.1 Å². The first kappa shape index (κ1) is 18.1. The van der Waals surface area contributed by atoms with Gasteiger partial charge in [-0.1, -0.05) is 0 Å². The van der Waals surface area contributed by atoms with Crippen LogP contribution in [0.25, 0.3) is 5.78 Å². The third-order valence-corrected chi connectivity index (χ3v) is 6.01. The van der Waals surface area contributed by atoms with Crippen molar-refractivity contribution in [3.05, 3.63) is 52.9 Å². The lowest BCUT2D eigenvalue weighted by molar-refractivity contribution is -0.0243. The normalized spacial score (nSPS) is 23.5. The summed E-state index contributed by atoms with van der Waals surface area (Å²) in [5.74, 6) is 0.0534. The molecule has 29 heavy (non-hydrogen) atoms. The highest BCUT2D eigenvalue weighted by molar-refractivity contribution is 5.95. The van der Waals surface area contributed by atoms with Crippen LogP contribution in [0.2, 0.25) is 0 Å². The monoisotopic (exact) mass is 398 g/mol. The number of rotatable bonds is 3. The van der Waals surface area contributed by atoms with Crippen molar-refractivity contribution >= 4 is 11.7 Å². The number of hydrogen-bond acceptors (Lipinski definition) is 5. The van der Waals surface area contributed by atoms with Gasteiger partial charge in [0.05, 0.1) is 5.69 Å². The van der Waals surface area contributed by atoms with Crippen molar-refractivity contribution in [2.45, 2.75) is 57.5 Å². The van der Waals surface area contributed by atoms with E-state index in [1.54, 1.807) is 12.1 Å². The van der Waals surface area contributed by atoms with Gasteiger partial charge in [0.2, 0.25) is 0 Å². The van der Waals surface area contributed by atoms with Crippen LogP contribution in [0.1, 0.15) is 64.7 Å². The van der Waals surface area contributed by atoms with Crippen LogP contribution in [0.4, 0.5) is 8.78 Å². The Kier molecular flexibility index (Phi) is 4.07. The number of carbonyl (C=O) groups excluding carboxylic acids is 1. The second-order valence-corrected chi connectivity index (χ2v) is 7.87. The van der Waals surface area contributed by atoms with Crippen molar-refractivity contribution in [3.63, 3.8) is 0 Å². The molecule has 2 aliphatic heterocycles. The third kappa shape index (κ3) is 2.87. The fraction of sp³-hybridized carbons (Fsp3) is 0.450. The minimum Gasteiger partial charge on any atom is -0.332 e. The quantitative estimate of drug-likeness (QED) is 0.677. The van der Waals surface area contributed by atoms with Gasteiger partial charge in [0.25, 0.3) is 18.1 Å². The fourth-order valence-electron chi connectivity index (χ4n) is 4.82. The van der Waals surface area contributed by atoms with E-state index in [1.165, 1.54) is 16.9 Å². The second-order valence-electron chi connectivity index (χ2n) is 7.87. The summed E-state index contributed by atoms with van der Waals surface area (Å²) in [5, 5.41) is 4.18. The van der Waals surface area contributed by atoms with Crippen molar-refractivity contribution in [2.75, 3.05) is 0 Å². The molecule has 2 aliphatic rings. The molecule has 9 heteroatoms. The van der Waals surface area contributed by atoms with Gasteiger partial charge in [-0.25, -0.2) is 18.3 Å². The number of hydrogen-bond donors (Lipinski definition) is 0. The summed E-state index contributed by atoms with van der Waals surface area (Å²) in [4.78, 5) is 27.4. The molecule has 0 aromatic carbocycles. The third-order valence-electron chi connectivity index (χ3n) is 6.01. The molecule has 1 amide bonds. The Balaban J connectivity index is 1.52. The van der Waals surface area contributed by atoms with Crippen molar-refractivity contribution in [3.8, 4) is 0 Å². The van der Waals surface area contributed by atoms with Gasteiger partial charge in [-0.05, 0) is 51.3 Å². The molecule has 5 rings (SSSR count). The molecule has 150 valence electrons. The Hall–Kier alpha value is -2.97. The first-order valence-corrected chi connectivity index (χ1v) is 9.69. The standard InChI is InChI=1S/C20H20F2N6O/c1-10-5-12(6-11(2)25-10)19(29)27-13-3-4-14(16(27)7-13)17-8-15(18(21)22)26-20-23-9-24-28(17)20/h5-6,8-9,13-14,16,18H,3-4,7H2,1-2H3/t13?,14-,16?/m0/s1. The van der Waals surface area contributed by atoms with Gasteiger partial charge >= 0.3 is 0 Å². The lowest BCUT2D eigenvalue weighted by Crippen LogP contribution is -2.63. The smallest absolute Gasteiger partial charge is 0.280 e. The van der Waals surface area contributed by atoms with E-state index < -0.39 is 6.43 Å². The molecular weight excluding hydrogens is 378 g/mol. The molecule has 2 fully saturated rings. The summed E-state index contributed by atoms with van der Waals surface area (Å²) >= 11 is 0. The maximum absolute atomic E-state index is 13.4. The van der Waals surface area contributed by atoms with Crippen molar-refractivity contribution in [1.82, 2.24) is 29.5 Å². The van der Waals surface area contributed by atoms with E-state index in [1.807, 2.05) is 18.7 Å². The van der Waals surface area contributed by atoms with E-state index in [9.17, 15) is 13.6 Å². The number of aryl methyl sites for hydroxylation is 2. The molecular formula is C20H20F2N6O. The van der Waals surface area contributed by atoms with E-state index >= 15 is 0 Å². The van der Waals surface area contributed by atoms with Gasteiger partial charge in [-0.3, -0.25) is 9.78 Å². The Labute approximate surface area is 165 Å². The summed E-state index contributed by atoms with van der Waals surface area (Å²) in [5.41, 5.74) is 2.57. The maximum atomic E-state index is 13.4. The van der Waals surface area contributed by atoms with E-state index in [0.717, 1.165) is 30.7 Å². The molecule has 2 unspecified atom stereocenters. The molecule has 7 nitrogen and oxygen atoms in total. The zero-order valence-electron chi connectivity index (χ0n) is 16.1. The number of alkyl halides is 2. The van der Waals surface area contributed by atoms with E-state index in [0.29, 0.717) is 11.3 Å². The van der Waals surface area contributed by atoms with Gasteiger partial charge in [0.1, 0.15) is 12.0 Å². The SMILES string of the molecule is Cc1cc(C(=O)N2C3CC[C@H](c4cc(C(F)F)nc5ncnn45)C2C3)cc(C)n1. The molecule has 0 spiro atoms. The van der Waals surface area contributed by atoms with Gasteiger partial charge in [0.15, 0.2) is 0 Å². The summed E-state index contributed by atoms with van der Waals surface area (Å²) < 4.78 is 28.3. The highest BCUT2D eigenvalue weighted by Gasteiger charge is 2.50. The van der Waals surface area contributed by atoms with Crippen molar-refractivity contribution in [1.29, 1.82) is 0 Å². The highest BCUT2D eigenvalue weighted by Crippen LogP contribution is 2.47. The number of piperidine rings is 1. The minimum atomic E-state index is -2.69. The Morgan fingerprint density at radius 2 is 1.90 bits per heavy atom. The maximum Gasteiger partial charge on any atom is 0.280 e. The highest BCUT2D eigenvalue weighted by atomic mass is 19.3. The largest absolute Gasteiger partial charge is 0.332 e. The average molecular weight is 398 g/mol. The van der Waals surface area contributed by atoms with Crippen LogP contribution in [0.15, 0.2) is 24.5 Å². The van der Waals surface area contributed by atoms with Gasteiger partial charge < -0.3 is 4.90 Å². The van der Waals surface area contributed by atoms with Crippen molar-refractivity contribution in [2.24, 2.45) is 0 Å². The topological polar surface area (TPSA) is 76.3 Å². The Morgan fingerprint density at radius 3 is 2.59 bits per heavy atom. The van der Waals surface area contributed by atoms with Crippen LogP contribution in [0.5, 0.6) is 0 Å². The predicted octanol–water partition coefficient (Wildman–Crippen LogP) is 3.23. The number of carbonyl (C=O) groups is 1. The molecule has 0 N–H and O–H groups in total. The summed E-state index contributed by atoms with van der Waals surface area (Å²) in [6.45, 7) is 3.74. The van der Waals surface area contributed by atoms with Gasteiger partial charge in [-0.15, -0.1) is 0 Å². The van der Waals surface area contributed by atoms with Crippen LogP contribution in [0, 0.1) is 13.8 Å². The number of halogens is 2. The molecule has 2 bridgehead atoms. The van der Waals surface area contributed by atoms with Crippen molar-refractivity contribution < 1.29 is 13.6 Å². The molecule has 5 heterocycles. The van der Waals surface area contributed by atoms with E-state index in [2.05, 4.69) is 20.1 Å². The minimum absolute atomic E-state index is 0.0254. The zero-order valence-corrected chi connectivity index (χ0v) is 16.1. The number of aromatic nitrogens is 5. The molecule has 0 aliphatic carbocycles. The Bertz CT molecular complexity index is 1090. The summed E-state index contributed by atoms with van der Waals surface area (Å²) in [7, 11) is 0. The van der Waals surface area contributed by atoms with Crippen LogP contribution in [-0.2, 0) is 0 Å². The van der Waals surface area contributed by atoms with Crippen LogP contribution >= 0.6 is 0 Å². The molecule has 3 aromatic heterocycles. The lowest BCUT2D eigenvalue weighted by Gasteiger charge is -2.56. The Morgan fingerprint density at radius 1 is 1.14 bits per heavy atom. The molecule has 0 radical (unpaired) electrons. The molecule has 3 aromatic rings. The molecule has 3 atom stereocenters.